The zero-order valence-electron chi connectivity index (χ0n) is 11.8. The van der Waals surface area contributed by atoms with Crippen LogP contribution in [0, 0.1) is 5.82 Å². The molecule has 4 heteroatoms. The van der Waals surface area contributed by atoms with Crippen LogP contribution in [0.4, 0.5) is 10.1 Å². The predicted octanol–water partition coefficient (Wildman–Crippen LogP) is 4.98. The van der Waals surface area contributed by atoms with E-state index >= 15 is 0 Å². The van der Waals surface area contributed by atoms with Gasteiger partial charge in [0.25, 0.3) is 0 Å². The molecule has 1 N–H and O–H groups in total. The van der Waals surface area contributed by atoms with Crippen molar-refractivity contribution in [1.29, 1.82) is 0 Å². The molecule has 0 aliphatic carbocycles. The van der Waals surface area contributed by atoms with Crippen molar-refractivity contribution < 1.29 is 9.13 Å². The number of anilines is 1. The Labute approximate surface area is 128 Å². The van der Waals surface area contributed by atoms with Crippen molar-refractivity contribution in [2.45, 2.75) is 25.8 Å². The number of fused-ring (bicyclic) bond motifs is 1. The molecular formula is C17H17ClFNO. The molecule has 0 bridgehead atoms. The van der Waals surface area contributed by atoms with Gasteiger partial charge in [0.15, 0.2) is 5.82 Å². The molecule has 21 heavy (non-hydrogen) atoms. The van der Waals surface area contributed by atoms with E-state index in [2.05, 4.69) is 18.3 Å². The van der Waals surface area contributed by atoms with Crippen LogP contribution in [0.1, 0.15) is 30.5 Å². The van der Waals surface area contributed by atoms with Crippen LogP contribution in [-0.2, 0) is 6.42 Å². The Balaban J connectivity index is 1.87. The van der Waals surface area contributed by atoms with Gasteiger partial charge in [0.05, 0.1) is 23.4 Å². The Hall–Kier alpha value is -1.74. The van der Waals surface area contributed by atoms with Gasteiger partial charge >= 0.3 is 0 Å². The molecule has 0 radical (unpaired) electrons. The number of hydrogen-bond acceptors (Lipinski definition) is 2. The van der Waals surface area contributed by atoms with Gasteiger partial charge in [0.2, 0.25) is 0 Å². The van der Waals surface area contributed by atoms with Gasteiger partial charge in [-0.15, -0.1) is 0 Å². The van der Waals surface area contributed by atoms with E-state index in [9.17, 15) is 4.39 Å². The number of benzene rings is 2. The lowest BCUT2D eigenvalue weighted by molar-refractivity contribution is 0.357. The lowest BCUT2D eigenvalue weighted by Gasteiger charge is -2.20. The average molecular weight is 306 g/mol. The predicted molar refractivity (Wildman–Crippen MR) is 83.7 cm³/mol. The van der Waals surface area contributed by atoms with Gasteiger partial charge in [-0.05, 0) is 41.8 Å². The summed E-state index contributed by atoms with van der Waals surface area (Å²) in [4.78, 5) is 0. The normalized spacial score (nSPS) is 14.4. The lowest BCUT2D eigenvalue weighted by Crippen LogP contribution is -2.11. The fourth-order valence-corrected chi connectivity index (χ4v) is 2.82. The molecule has 0 saturated heterocycles. The molecule has 1 unspecified atom stereocenters. The summed E-state index contributed by atoms with van der Waals surface area (Å²) in [6, 6.07) is 11.2. The van der Waals surface area contributed by atoms with Gasteiger partial charge in [0, 0.05) is 6.42 Å². The third-order valence-electron chi connectivity index (χ3n) is 3.81. The number of ether oxygens (including phenoxy) is 1. The van der Waals surface area contributed by atoms with E-state index in [4.69, 9.17) is 16.3 Å². The minimum atomic E-state index is -0.401. The standard InChI is InChI=1S/C17H17ClFNO/c1-2-14(20-15-5-3-4-13(18)17(15)19)11-6-7-16-12(10-11)8-9-21-16/h3-7,10,14,20H,2,8-9H2,1H3. The first-order chi connectivity index (χ1) is 10.2. The van der Waals surface area contributed by atoms with E-state index in [1.165, 1.54) is 5.56 Å². The minimum absolute atomic E-state index is 0.0452. The molecule has 2 nitrogen and oxygen atoms in total. The third kappa shape index (κ3) is 2.84. The summed E-state index contributed by atoms with van der Waals surface area (Å²) < 4.78 is 19.5. The summed E-state index contributed by atoms with van der Waals surface area (Å²) in [7, 11) is 0. The summed E-state index contributed by atoms with van der Waals surface area (Å²) in [6.07, 6.45) is 1.79. The second-order valence-electron chi connectivity index (χ2n) is 5.17. The van der Waals surface area contributed by atoms with Crippen molar-refractivity contribution in [3.8, 4) is 5.75 Å². The minimum Gasteiger partial charge on any atom is -0.493 e. The van der Waals surface area contributed by atoms with Gasteiger partial charge in [-0.25, -0.2) is 4.39 Å². The molecule has 1 aliphatic heterocycles. The number of halogens is 2. The fraction of sp³-hybridized carbons (Fsp3) is 0.294. The van der Waals surface area contributed by atoms with Crippen LogP contribution in [0.15, 0.2) is 36.4 Å². The Morgan fingerprint density at radius 3 is 3.00 bits per heavy atom. The molecule has 110 valence electrons. The second-order valence-corrected chi connectivity index (χ2v) is 5.58. The highest BCUT2D eigenvalue weighted by Gasteiger charge is 2.17. The van der Waals surface area contributed by atoms with Gasteiger partial charge in [0.1, 0.15) is 5.75 Å². The van der Waals surface area contributed by atoms with Crippen molar-refractivity contribution >= 4 is 17.3 Å². The highest BCUT2D eigenvalue weighted by molar-refractivity contribution is 6.31. The average Bonchev–Trinajstić information content (AvgIpc) is 2.96. The molecule has 1 atom stereocenters. The summed E-state index contributed by atoms with van der Waals surface area (Å²) in [5.41, 5.74) is 2.80. The van der Waals surface area contributed by atoms with Crippen LogP contribution in [0.5, 0.6) is 5.75 Å². The SMILES string of the molecule is CCC(Nc1cccc(Cl)c1F)c1ccc2c(c1)CCO2. The monoisotopic (exact) mass is 305 g/mol. The first-order valence-electron chi connectivity index (χ1n) is 7.15. The summed E-state index contributed by atoms with van der Waals surface area (Å²) in [5, 5.41) is 3.38. The van der Waals surface area contributed by atoms with Crippen molar-refractivity contribution in [2.24, 2.45) is 0 Å². The van der Waals surface area contributed by atoms with Crippen LogP contribution >= 0.6 is 11.6 Å². The summed E-state index contributed by atoms with van der Waals surface area (Å²) in [6.45, 7) is 2.82. The Morgan fingerprint density at radius 2 is 2.19 bits per heavy atom. The van der Waals surface area contributed by atoms with Crippen molar-refractivity contribution in [1.82, 2.24) is 0 Å². The van der Waals surface area contributed by atoms with Crippen LogP contribution in [0.3, 0.4) is 0 Å². The molecule has 0 saturated carbocycles. The van der Waals surface area contributed by atoms with Crippen LogP contribution in [-0.4, -0.2) is 6.61 Å². The van der Waals surface area contributed by atoms with Gasteiger partial charge in [-0.3, -0.25) is 0 Å². The van der Waals surface area contributed by atoms with Crippen LogP contribution in [0.25, 0.3) is 0 Å². The van der Waals surface area contributed by atoms with Gasteiger partial charge in [-0.2, -0.15) is 0 Å². The van der Waals surface area contributed by atoms with E-state index in [-0.39, 0.29) is 11.1 Å². The summed E-state index contributed by atoms with van der Waals surface area (Å²) >= 11 is 5.83. The van der Waals surface area contributed by atoms with E-state index in [1.54, 1.807) is 18.2 Å². The topological polar surface area (TPSA) is 21.3 Å². The van der Waals surface area contributed by atoms with Crippen molar-refractivity contribution in [2.75, 3.05) is 11.9 Å². The maximum atomic E-state index is 14.0. The van der Waals surface area contributed by atoms with Gasteiger partial charge < -0.3 is 10.1 Å². The number of rotatable bonds is 4. The van der Waals surface area contributed by atoms with E-state index in [0.717, 1.165) is 30.8 Å². The Kier molecular flexibility index (Phi) is 4.02. The molecule has 0 amide bonds. The van der Waals surface area contributed by atoms with Crippen LogP contribution < -0.4 is 10.1 Å². The molecule has 2 aromatic rings. The quantitative estimate of drug-likeness (QED) is 0.860. The fourth-order valence-electron chi connectivity index (χ4n) is 2.65. The number of hydrogen-bond donors (Lipinski definition) is 1. The van der Waals surface area contributed by atoms with Crippen molar-refractivity contribution in [3.63, 3.8) is 0 Å². The smallest absolute Gasteiger partial charge is 0.164 e. The molecule has 3 rings (SSSR count). The van der Waals surface area contributed by atoms with E-state index in [1.807, 2.05) is 12.1 Å². The first kappa shape index (κ1) is 14.2. The van der Waals surface area contributed by atoms with Gasteiger partial charge in [-0.1, -0.05) is 30.7 Å². The Bertz CT molecular complexity index is 659. The van der Waals surface area contributed by atoms with E-state index in [0.29, 0.717) is 5.69 Å². The third-order valence-corrected chi connectivity index (χ3v) is 4.10. The summed E-state index contributed by atoms with van der Waals surface area (Å²) in [5.74, 6) is 0.560. The lowest BCUT2D eigenvalue weighted by atomic mass is 10.0. The zero-order valence-corrected chi connectivity index (χ0v) is 12.6. The molecule has 0 spiro atoms. The second kappa shape index (κ2) is 5.94. The maximum Gasteiger partial charge on any atom is 0.164 e. The van der Waals surface area contributed by atoms with Crippen molar-refractivity contribution in [3.05, 3.63) is 58.4 Å². The maximum absolute atomic E-state index is 14.0. The molecule has 0 fully saturated rings. The molecule has 1 aliphatic rings. The first-order valence-corrected chi connectivity index (χ1v) is 7.53. The van der Waals surface area contributed by atoms with Crippen LogP contribution in [0.2, 0.25) is 5.02 Å². The molecule has 1 heterocycles. The molecule has 2 aromatic carbocycles. The molecule has 0 aromatic heterocycles. The van der Waals surface area contributed by atoms with E-state index < -0.39 is 5.82 Å². The number of nitrogens with one attached hydrogen (secondary N) is 1. The molecular weight excluding hydrogens is 289 g/mol. The highest BCUT2D eigenvalue weighted by Crippen LogP contribution is 2.32. The Morgan fingerprint density at radius 1 is 1.33 bits per heavy atom. The highest BCUT2D eigenvalue weighted by atomic mass is 35.5. The largest absolute Gasteiger partial charge is 0.493 e. The zero-order chi connectivity index (χ0) is 14.8.